The molecule has 4 atom stereocenters. The van der Waals surface area contributed by atoms with Crippen LogP contribution in [-0.4, -0.2) is 91.7 Å². The van der Waals surface area contributed by atoms with Gasteiger partial charge in [0.05, 0.1) is 19.3 Å². The fourth-order valence-electron chi connectivity index (χ4n) is 3.93. The summed E-state index contributed by atoms with van der Waals surface area (Å²) in [6.07, 6.45) is -0.0956. The highest BCUT2D eigenvalue weighted by atomic mass is 16.7. The van der Waals surface area contributed by atoms with Gasteiger partial charge in [0.1, 0.15) is 12.2 Å². The van der Waals surface area contributed by atoms with Gasteiger partial charge in [0.15, 0.2) is 18.0 Å². The van der Waals surface area contributed by atoms with Crippen molar-refractivity contribution in [3.63, 3.8) is 0 Å². The van der Waals surface area contributed by atoms with Gasteiger partial charge in [-0.15, -0.1) is 0 Å². The number of amides is 1. The van der Waals surface area contributed by atoms with Crippen molar-refractivity contribution < 1.29 is 39.3 Å². The van der Waals surface area contributed by atoms with Crippen molar-refractivity contribution in [2.24, 2.45) is 0 Å². The molecule has 1 aromatic heterocycles. The molecule has 2 heterocycles. The fourth-order valence-corrected chi connectivity index (χ4v) is 3.93. The zero-order chi connectivity index (χ0) is 22.2. The minimum atomic E-state index is -2.02. The Morgan fingerprint density at radius 2 is 1.87 bits per heavy atom. The van der Waals surface area contributed by atoms with Gasteiger partial charge < -0.3 is 24.8 Å². The Hall–Kier alpha value is -1.83. The standard InChI is InChI=1S/C19H32N4O8/c24-13(11-29-12-6-2-1-3-7-12)15(25)17(16(26)18(27)21-28)30-19-20-14(22-31-19)10-23-8-4-5-9-23/h12-13,15-17,24-26,28H,1-11H2,(H,21,27)/t13?,15?,16?,17-/m1/s1. The van der Waals surface area contributed by atoms with E-state index < -0.39 is 30.3 Å². The summed E-state index contributed by atoms with van der Waals surface area (Å²) < 4.78 is 16.0. The van der Waals surface area contributed by atoms with Crippen LogP contribution < -0.4 is 10.2 Å². The molecule has 0 radical (unpaired) electrons. The molecule has 2 fully saturated rings. The maximum atomic E-state index is 11.7. The number of aliphatic hydroxyl groups is 3. The number of likely N-dealkylation sites (tertiary alicyclic amines) is 1. The lowest BCUT2D eigenvalue weighted by molar-refractivity contribution is -0.157. The van der Waals surface area contributed by atoms with Gasteiger partial charge in [-0.3, -0.25) is 19.4 Å². The number of hydrogen-bond donors (Lipinski definition) is 5. The lowest BCUT2D eigenvalue weighted by atomic mass is 9.97. The molecule has 0 bridgehead atoms. The Morgan fingerprint density at radius 1 is 1.16 bits per heavy atom. The third kappa shape index (κ3) is 6.82. The van der Waals surface area contributed by atoms with Crippen LogP contribution in [0.2, 0.25) is 0 Å². The van der Waals surface area contributed by atoms with Crippen molar-refractivity contribution in [3.8, 4) is 6.08 Å². The first-order chi connectivity index (χ1) is 15.0. The number of aromatic nitrogens is 2. The molecule has 0 aromatic carbocycles. The SMILES string of the molecule is O=C(NO)C(O)[C@H](Oc1nc(CN2CCCC2)no1)C(O)C(O)COC1CCCCC1. The summed E-state index contributed by atoms with van der Waals surface area (Å²) in [6, 6.07) is 0. The van der Waals surface area contributed by atoms with E-state index in [1.807, 2.05) is 0 Å². The number of aliphatic hydroxyl groups excluding tert-OH is 3. The Balaban J connectivity index is 1.61. The molecule has 12 heteroatoms. The Bertz CT molecular complexity index is 678. The van der Waals surface area contributed by atoms with E-state index in [-0.39, 0.29) is 18.8 Å². The third-order valence-electron chi connectivity index (χ3n) is 5.73. The highest BCUT2D eigenvalue weighted by molar-refractivity contribution is 5.80. The summed E-state index contributed by atoms with van der Waals surface area (Å²) in [7, 11) is 0. The second kappa shape index (κ2) is 11.7. The number of hydrogen-bond acceptors (Lipinski definition) is 11. The number of rotatable bonds is 11. The quantitative estimate of drug-likeness (QED) is 0.217. The fraction of sp³-hybridized carbons (Fsp3) is 0.842. The van der Waals surface area contributed by atoms with E-state index in [1.54, 1.807) is 0 Å². The van der Waals surface area contributed by atoms with Crippen LogP contribution in [0.5, 0.6) is 6.08 Å². The van der Waals surface area contributed by atoms with Crippen LogP contribution in [0.1, 0.15) is 50.8 Å². The van der Waals surface area contributed by atoms with Crippen molar-refractivity contribution in [3.05, 3.63) is 5.82 Å². The van der Waals surface area contributed by atoms with Crippen molar-refractivity contribution in [1.29, 1.82) is 0 Å². The lowest BCUT2D eigenvalue weighted by Crippen LogP contribution is -2.54. The number of hydroxylamine groups is 1. The van der Waals surface area contributed by atoms with Crippen molar-refractivity contribution >= 4 is 5.91 Å². The van der Waals surface area contributed by atoms with Crippen molar-refractivity contribution in [1.82, 2.24) is 20.5 Å². The maximum Gasteiger partial charge on any atom is 0.417 e. The second-order valence-corrected chi connectivity index (χ2v) is 8.11. The van der Waals surface area contributed by atoms with Gasteiger partial charge in [0, 0.05) is 0 Å². The molecule has 1 aliphatic heterocycles. The summed E-state index contributed by atoms with van der Waals surface area (Å²) in [4.78, 5) is 17.9. The molecule has 2 aliphatic rings. The molecule has 5 N–H and O–H groups in total. The predicted molar refractivity (Wildman–Crippen MR) is 104 cm³/mol. The van der Waals surface area contributed by atoms with Gasteiger partial charge in [0.2, 0.25) is 0 Å². The van der Waals surface area contributed by atoms with Gasteiger partial charge in [-0.25, -0.2) is 5.48 Å². The number of carbonyl (C=O) groups is 1. The molecule has 0 spiro atoms. The molecule has 1 aliphatic carbocycles. The maximum absolute atomic E-state index is 11.7. The number of carbonyl (C=O) groups excluding carboxylic acids is 1. The van der Waals surface area contributed by atoms with E-state index in [4.69, 9.17) is 19.2 Å². The molecule has 176 valence electrons. The van der Waals surface area contributed by atoms with Gasteiger partial charge in [-0.1, -0.05) is 24.4 Å². The number of ether oxygens (including phenoxy) is 2. The first kappa shape index (κ1) is 23.8. The largest absolute Gasteiger partial charge is 0.439 e. The average Bonchev–Trinajstić information content (AvgIpc) is 3.47. The second-order valence-electron chi connectivity index (χ2n) is 8.11. The molecular weight excluding hydrogens is 412 g/mol. The summed E-state index contributed by atoms with van der Waals surface area (Å²) in [6.45, 7) is 2.10. The molecule has 12 nitrogen and oxygen atoms in total. The third-order valence-corrected chi connectivity index (χ3v) is 5.73. The van der Waals surface area contributed by atoms with Crippen molar-refractivity contribution in [2.45, 2.75) is 82.0 Å². The minimum Gasteiger partial charge on any atom is -0.439 e. The monoisotopic (exact) mass is 444 g/mol. The van der Waals surface area contributed by atoms with Gasteiger partial charge >= 0.3 is 6.08 Å². The van der Waals surface area contributed by atoms with Crippen molar-refractivity contribution in [2.75, 3.05) is 19.7 Å². The van der Waals surface area contributed by atoms with Gasteiger partial charge in [-0.2, -0.15) is 4.98 Å². The van der Waals surface area contributed by atoms with Crippen LogP contribution in [-0.2, 0) is 16.1 Å². The van der Waals surface area contributed by atoms with Crippen LogP contribution in [0.3, 0.4) is 0 Å². The highest BCUT2D eigenvalue weighted by Gasteiger charge is 2.39. The smallest absolute Gasteiger partial charge is 0.417 e. The first-order valence-electron chi connectivity index (χ1n) is 10.8. The Morgan fingerprint density at radius 3 is 2.55 bits per heavy atom. The van der Waals surface area contributed by atoms with E-state index in [1.165, 1.54) is 5.48 Å². The van der Waals surface area contributed by atoms with E-state index >= 15 is 0 Å². The first-order valence-corrected chi connectivity index (χ1v) is 10.8. The topological polar surface area (TPSA) is 171 Å². The Labute approximate surface area is 180 Å². The van der Waals surface area contributed by atoms with E-state index in [0.29, 0.717) is 12.4 Å². The molecule has 3 unspecified atom stereocenters. The van der Waals surface area contributed by atoms with Gasteiger partial charge in [0.25, 0.3) is 5.91 Å². The molecule has 1 saturated carbocycles. The lowest BCUT2D eigenvalue weighted by Gasteiger charge is -2.30. The van der Waals surface area contributed by atoms with Crippen LogP contribution in [0.25, 0.3) is 0 Å². The Kier molecular flexibility index (Phi) is 8.99. The summed E-state index contributed by atoms with van der Waals surface area (Å²) in [5, 5.41) is 43.8. The van der Waals surface area contributed by atoms with Gasteiger partial charge in [-0.05, 0) is 38.8 Å². The molecule has 1 aromatic rings. The molecule has 31 heavy (non-hydrogen) atoms. The zero-order valence-corrected chi connectivity index (χ0v) is 17.4. The summed E-state index contributed by atoms with van der Waals surface area (Å²) in [5.74, 6) is -0.867. The zero-order valence-electron chi connectivity index (χ0n) is 17.4. The van der Waals surface area contributed by atoms with Crippen LogP contribution in [0.15, 0.2) is 4.52 Å². The van der Waals surface area contributed by atoms with Crippen LogP contribution >= 0.6 is 0 Å². The van der Waals surface area contributed by atoms with E-state index in [9.17, 15) is 20.1 Å². The molecular formula is C19H32N4O8. The number of nitrogens with one attached hydrogen (secondary N) is 1. The van der Waals surface area contributed by atoms with E-state index in [0.717, 1.165) is 58.0 Å². The molecule has 1 amide bonds. The predicted octanol–water partition coefficient (Wildman–Crippen LogP) is -0.650. The highest BCUT2D eigenvalue weighted by Crippen LogP contribution is 2.22. The minimum absolute atomic E-state index is 0.00952. The van der Waals surface area contributed by atoms with Crippen LogP contribution in [0, 0.1) is 0 Å². The van der Waals surface area contributed by atoms with Crippen LogP contribution in [0.4, 0.5) is 0 Å². The normalized spacial score (nSPS) is 22.1. The molecule has 3 rings (SSSR count). The summed E-state index contributed by atoms with van der Waals surface area (Å²) >= 11 is 0. The van der Waals surface area contributed by atoms with E-state index in [2.05, 4.69) is 15.0 Å². The number of nitrogens with zero attached hydrogens (tertiary/aromatic N) is 3. The molecule has 1 saturated heterocycles. The summed E-state index contributed by atoms with van der Waals surface area (Å²) in [5.41, 5.74) is 1.30. The average molecular weight is 444 g/mol.